The van der Waals surface area contributed by atoms with Gasteiger partial charge in [0, 0.05) is 22.8 Å². The number of anilines is 1. The fraction of sp³-hybridized carbons (Fsp3) is 0.452. The van der Waals surface area contributed by atoms with Crippen LogP contribution < -0.4 is 9.64 Å². The third-order valence-corrected chi connectivity index (χ3v) is 5.61. The second kappa shape index (κ2) is 11.6. The summed E-state index contributed by atoms with van der Waals surface area (Å²) in [5.74, 6) is 1.01. The van der Waals surface area contributed by atoms with Crippen molar-refractivity contribution >= 4 is 5.69 Å². The zero-order chi connectivity index (χ0) is 25.4. The molecule has 0 bridgehead atoms. The third-order valence-electron chi connectivity index (χ3n) is 5.61. The minimum absolute atomic E-state index is 0.167. The Kier molecular flexibility index (Phi) is 9.32. The summed E-state index contributed by atoms with van der Waals surface area (Å²) < 4.78 is 5.61. The molecule has 1 aliphatic heterocycles. The highest BCUT2D eigenvalue weighted by atomic mass is 16.5. The van der Waals surface area contributed by atoms with Crippen molar-refractivity contribution in [3.05, 3.63) is 90.3 Å². The van der Waals surface area contributed by atoms with Crippen LogP contribution in [0.15, 0.2) is 79.0 Å². The van der Waals surface area contributed by atoms with Gasteiger partial charge in [0.25, 0.3) is 0 Å². The lowest BCUT2D eigenvalue weighted by molar-refractivity contribution is 0.289. The Morgan fingerprint density at radius 2 is 1.26 bits per heavy atom. The molecule has 3 aromatic rings. The number of aromatic nitrogens is 1. The van der Waals surface area contributed by atoms with Gasteiger partial charge >= 0.3 is 0 Å². The zero-order valence-electron chi connectivity index (χ0n) is 22.7. The van der Waals surface area contributed by atoms with E-state index in [1.807, 2.05) is 30.5 Å². The van der Waals surface area contributed by atoms with Gasteiger partial charge in [-0.2, -0.15) is 0 Å². The molecule has 0 fully saturated rings. The molecular formula is C31H44N2O. The summed E-state index contributed by atoms with van der Waals surface area (Å²) in [4.78, 5) is 6.64. The Morgan fingerprint density at radius 3 is 1.74 bits per heavy atom. The predicted molar refractivity (Wildman–Crippen MR) is 147 cm³/mol. The van der Waals surface area contributed by atoms with E-state index in [1.54, 1.807) is 0 Å². The largest absolute Gasteiger partial charge is 0.490 e. The number of nitrogens with zero attached hydrogens (tertiary/aromatic N) is 2. The highest BCUT2D eigenvalue weighted by Crippen LogP contribution is 2.35. The van der Waals surface area contributed by atoms with E-state index in [4.69, 9.17) is 4.74 Å². The average molecular weight is 461 g/mol. The van der Waals surface area contributed by atoms with E-state index >= 15 is 0 Å². The van der Waals surface area contributed by atoms with Crippen LogP contribution in [0.25, 0.3) is 0 Å². The number of ether oxygens (including phenoxy) is 1. The highest BCUT2D eigenvalue weighted by molar-refractivity contribution is 5.61. The van der Waals surface area contributed by atoms with Crippen molar-refractivity contribution in [2.75, 3.05) is 18.1 Å². The van der Waals surface area contributed by atoms with Crippen molar-refractivity contribution in [3.63, 3.8) is 0 Å². The van der Waals surface area contributed by atoms with Crippen molar-refractivity contribution in [2.45, 2.75) is 78.7 Å². The van der Waals surface area contributed by atoms with Gasteiger partial charge in [0.2, 0.25) is 0 Å². The Morgan fingerprint density at radius 1 is 0.676 bits per heavy atom. The maximum Gasteiger partial charge on any atom is 0.142 e. The Bertz CT molecular complexity index is 928. The Labute approximate surface area is 208 Å². The minimum Gasteiger partial charge on any atom is -0.490 e. The number of para-hydroxylation sites is 2. The summed E-state index contributed by atoms with van der Waals surface area (Å²) in [5, 5.41) is 0. The van der Waals surface area contributed by atoms with Crippen LogP contribution in [0.1, 0.15) is 73.6 Å². The van der Waals surface area contributed by atoms with Gasteiger partial charge < -0.3 is 9.64 Å². The first kappa shape index (κ1) is 27.4. The van der Waals surface area contributed by atoms with E-state index in [0.717, 1.165) is 24.6 Å². The molecule has 0 radical (unpaired) electrons. The topological polar surface area (TPSA) is 25.4 Å². The molecule has 0 spiro atoms. The van der Waals surface area contributed by atoms with Gasteiger partial charge in [0.1, 0.15) is 12.4 Å². The van der Waals surface area contributed by atoms with E-state index in [1.165, 1.54) is 11.3 Å². The summed E-state index contributed by atoms with van der Waals surface area (Å²) in [6, 6.07) is 24.8. The summed E-state index contributed by atoms with van der Waals surface area (Å²) in [7, 11) is 0. The number of fused-ring (bicyclic) bond motifs is 1. The molecule has 0 N–H and O–H groups in total. The van der Waals surface area contributed by atoms with Gasteiger partial charge in [-0.1, -0.05) is 90.1 Å². The maximum atomic E-state index is 5.61. The first-order valence-electron chi connectivity index (χ1n) is 12.3. The van der Waals surface area contributed by atoms with E-state index in [-0.39, 0.29) is 11.0 Å². The monoisotopic (exact) mass is 460 g/mol. The van der Waals surface area contributed by atoms with Crippen LogP contribution in [0.2, 0.25) is 0 Å². The summed E-state index contributed by atoms with van der Waals surface area (Å²) >= 11 is 0. The molecule has 0 saturated heterocycles. The SMILES string of the molecule is CC(C)(C)N1CCOc2ccccc21.CC(C)(C)c1ccccc1.CC(C)(C)c1ccccn1. The normalized spacial score (nSPS) is 13.4. The van der Waals surface area contributed by atoms with Crippen LogP contribution in [0.4, 0.5) is 5.69 Å². The molecule has 3 heteroatoms. The molecule has 0 atom stereocenters. The fourth-order valence-corrected chi connectivity index (χ4v) is 3.61. The molecular weight excluding hydrogens is 416 g/mol. The van der Waals surface area contributed by atoms with Gasteiger partial charge in [0.15, 0.2) is 0 Å². The Hall–Kier alpha value is -2.81. The number of hydrogen-bond donors (Lipinski definition) is 0. The zero-order valence-corrected chi connectivity index (χ0v) is 22.7. The predicted octanol–water partition coefficient (Wildman–Crippen LogP) is 8.05. The first-order chi connectivity index (χ1) is 15.8. The minimum atomic E-state index is 0.167. The number of pyridine rings is 1. The Balaban J connectivity index is 0.000000185. The van der Waals surface area contributed by atoms with Crippen molar-refractivity contribution in [1.82, 2.24) is 4.98 Å². The molecule has 0 aliphatic carbocycles. The fourth-order valence-electron chi connectivity index (χ4n) is 3.61. The first-order valence-corrected chi connectivity index (χ1v) is 12.3. The van der Waals surface area contributed by atoms with E-state index < -0.39 is 0 Å². The smallest absolute Gasteiger partial charge is 0.142 e. The molecule has 0 saturated carbocycles. The van der Waals surface area contributed by atoms with Gasteiger partial charge in [-0.15, -0.1) is 0 Å². The molecule has 0 unspecified atom stereocenters. The molecule has 0 amide bonds. The van der Waals surface area contributed by atoms with Crippen molar-refractivity contribution in [2.24, 2.45) is 0 Å². The molecule has 2 aromatic carbocycles. The molecule has 34 heavy (non-hydrogen) atoms. The summed E-state index contributed by atoms with van der Waals surface area (Å²) in [6.07, 6.45) is 1.83. The lowest BCUT2D eigenvalue weighted by Crippen LogP contribution is -2.46. The maximum absolute atomic E-state index is 5.61. The molecule has 2 heterocycles. The summed E-state index contributed by atoms with van der Waals surface area (Å²) in [5.41, 5.74) is 4.40. The van der Waals surface area contributed by atoms with E-state index in [0.29, 0.717) is 5.41 Å². The van der Waals surface area contributed by atoms with Crippen molar-refractivity contribution in [1.29, 1.82) is 0 Å². The van der Waals surface area contributed by atoms with Crippen LogP contribution in [0.5, 0.6) is 5.75 Å². The van der Waals surface area contributed by atoms with Gasteiger partial charge in [-0.05, 0) is 56.0 Å². The second-order valence-corrected chi connectivity index (χ2v) is 11.7. The molecule has 4 rings (SSSR count). The lowest BCUT2D eigenvalue weighted by atomic mass is 9.87. The highest BCUT2D eigenvalue weighted by Gasteiger charge is 2.26. The van der Waals surface area contributed by atoms with E-state index in [9.17, 15) is 0 Å². The molecule has 184 valence electrons. The van der Waals surface area contributed by atoms with Crippen molar-refractivity contribution < 1.29 is 4.74 Å². The average Bonchev–Trinajstić information content (AvgIpc) is 2.79. The van der Waals surface area contributed by atoms with Crippen LogP contribution in [0, 0.1) is 0 Å². The van der Waals surface area contributed by atoms with Gasteiger partial charge in [0.05, 0.1) is 12.2 Å². The lowest BCUT2D eigenvalue weighted by Gasteiger charge is -2.41. The number of rotatable bonds is 0. The van der Waals surface area contributed by atoms with Crippen molar-refractivity contribution in [3.8, 4) is 5.75 Å². The van der Waals surface area contributed by atoms with Crippen LogP contribution in [-0.2, 0) is 10.8 Å². The molecule has 1 aromatic heterocycles. The van der Waals surface area contributed by atoms with Gasteiger partial charge in [-0.3, -0.25) is 4.98 Å². The third kappa shape index (κ3) is 8.52. The van der Waals surface area contributed by atoms with Gasteiger partial charge in [-0.25, -0.2) is 0 Å². The molecule has 1 aliphatic rings. The standard InChI is InChI=1S/C12H17NO.C10H14.C9H13N/c1-12(2,3)13-8-9-14-11-7-5-4-6-10(11)13;1-10(2,3)9-7-5-4-6-8-9;1-9(2,3)8-6-4-5-7-10-8/h4-7H,8-9H2,1-3H3;4-8H,1-3H3;4-7H,1-3H3. The second-order valence-electron chi connectivity index (χ2n) is 11.7. The summed E-state index contributed by atoms with van der Waals surface area (Å²) in [6.45, 7) is 21.6. The quantitative estimate of drug-likeness (QED) is 0.339. The number of hydrogen-bond acceptors (Lipinski definition) is 3. The van der Waals surface area contributed by atoms with Crippen LogP contribution >= 0.6 is 0 Å². The van der Waals surface area contributed by atoms with Crippen LogP contribution in [0.3, 0.4) is 0 Å². The number of benzene rings is 2. The van der Waals surface area contributed by atoms with Crippen LogP contribution in [-0.4, -0.2) is 23.7 Å². The molecule has 3 nitrogen and oxygen atoms in total. The van der Waals surface area contributed by atoms with E-state index in [2.05, 4.69) is 121 Å².